The van der Waals surface area contributed by atoms with Crippen molar-refractivity contribution in [2.75, 3.05) is 0 Å². The van der Waals surface area contributed by atoms with Crippen molar-refractivity contribution >= 4 is 11.1 Å². The minimum Gasteiger partial charge on any atom is -1.00 e. The third-order valence-corrected chi connectivity index (χ3v) is 11.0. The van der Waals surface area contributed by atoms with Gasteiger partial charge in [0.2, 0.25) is 0 Å². The molecule has 0 radical (unpaired) electrons. The normalized spacial score (nSPS) is 19.9. The van der Waals surface area contributed by atoms with Crippen LogP contribution in [0, 0.1) is 0 Å². The molecule has 0 aromatic heterocycles. The molecule has 0 saturated heterocycles. The third kappa shape index (κ3) is 3.68. The van der Waals surface area contributed by atoms with E-state index in [1.54, 1.807) is 33.4 Å². The average Bonchev–Trinajstić information content (AvgIpc) is 3.08. The van der Waals surface area contributed by atoms with Gasteiger partial charge in [-0.25, -0.2) is 0 Å². The van der Waals surface area contributed by atoms with E-state index in [0.717, 1.165) is 7.25 Å². The molecule has 0 fully saturated rings. The van der Waals surface area contributed by atoms with Gasteiger partial charge in [-0.05, 0) is 0 Å². The Morgan fingerprint density at radius 1 is 0.667 bits per heavy atom. The van der Waals surface area contributed by atoms with Crippen molar-refractivity contribution in [3.63, 3.8) is 0 Å². The van der Waals surface area contributed by atoms with Crippen LogP contribution in [0.5, 0.6) is 0 Å². The van der Waals surface area contributed by atoms with Crippen molar-refractivity contribution in [1.82, 2.24) is 0 Å². The second-order valence-electron chi connectivity index (χ2n) is 7.21. The first-order valence-electron chi connectivity index (χ1n) is 9.51. The second-order valence-corrected chi connectivity index (χ2v) is 10.9. The Morgan fingerprint density at radius 2 is 1.04 bits per heavy atom. The van der Waals surface area contributed by atoms with Gasteiger partial charge in [-0.3, -0.25) is 0 Å². The molecule has 0 aliphatic heterocycles. The summed E-state index contributed by atoms with van der Waals surface area (Å²) in [5.41, 5.74) is 12.9. The largest absolute Gasteiger partial charge is 1.00 e. The van der Waals surface area contributed by atoms with Crippen molar-refractivity contribution in [1.29, 1.82) is 0 Å². The monoisotopic (exact) mass is 474 g/mol. The molecule has 0 spiro atoms. The van der Waals surface area contributed by atoms with Crippen LogP contribution >= 0.6 is 0 Å². The van der Waals surface area contributed by atoms with Gasteiger partial charge in [-0.2, -0.15) is 0 Å². The van der Waals surface area contributed by atoms with Crippen LogP contribution in [0.3, 0.4) is 0 Å². The van der Waals surface area contributed by atoms with E-state index in [1.807, 2.05) is 0 Å². The van der Waals surface area contributed by atoms with E-state index >= 15 is 0 Å². The Bertz CT molecular complexity index is 821. The van der Waals surface area contributed by atoms with Gasteiger partial charge < -0.3 is 24.8 Å². The molecule has 0 nitrogen and oxygen atoms in total. The van der Waals surface area contributed by atoms with Crippen molar-refractivity contribution in [3.05, 3.63) is 81.9 Å². The second kappa shape index (κ2) is 9.25. The minimum absolute atomic E-state index is 0. The smallest absolute Gasteiger partial charge is 1.00 e. The Morgan fingerprint density at radius 3 is 1.41 bits per heavy atom. The van der Waals surface area contributed by atoms with Gasteiger partial charge in [0.25, 0.3) is 0 Å². The topological polar surface area (TPSA) is 0 Å². The molecule has 0 saturated carbocycles. The van der Waals surface area contributed by atoms with E-state index in [9.17, 15) is 0 Å². The maximum Gasteiger partial charge on any atom is -1.00 e. The Balaban J connectivity index is 0.00000131. The van der Waals surface area contributed by atoms with Gasteiger partial charge in [-0.15, -0.1) is 0 Å². The molecule has 0 amide bonds. The van der Waals surface area contributed by atoms with Crippen LogP contribution in [0.15, 0.2) is 59.7 Å². The summed E-state index contributed by atoms with van der Waals surface area (Å²) in [7, 11) is 0. The van der Waals surface area contributed by atoms with Crippen molar-refractivity contribution in [3.8, 4) is 0 Å². The van der Waals surface area contributed by atoms with Crippen LogP contribution in [-0.2, 0) is 23.2 Å². The maximum absolute atomic E-state index is 2.40. The SMILES string of the molecule is CCC1=C(C)c2ccccc2[CH]1[Zr+2][CH]1C(CC)=C(C)c2ccccc21.[Cl-].[Cl-]. The quantitative estimate of drug-likeness (QED) is 0.617. The molecule has 2 aromatic carbocycles. The van der Waals surface area contributed by atoms with E-state index in [1.165, 1.54) is 24.0 Å². The van der Waals surface area contributed by atoms with Crippen LogP contribution in [0.2, 0.25) is 0 Å². The molecule has 140 valence electrons. The summed E-state index contributed by atoms with van der Waals surface area (Å²) in [4.78, 5) is 0. The number of allylic oxidation sites excluding steroid dienone is 4. The number of fused-ring (bicyclic) bond motifs is 2. The fourth-order valence-electron chi connectivity index (χ4n) is 4.82. The number of benzene rings is 2. The van der Waals surface area contributed by atoms with E-state index in [2.05, 4.69) is 76.2 Å². The number of rotatable bonds is 4. The minimum atomic E-state index is -0.700. The van der Waals surface area contributed by atoms with E-state index in [0.29, 0.717) is 0 Å². The predicted molar refractivity (Wildman–Crippen MR) is 104 cm³/mol. The van der Waals surface area contributed by atoms with E-state index in [4.69, 9.17) is 0 Å². The molecule has 2 aliphatic rings. The van der Waals surface area contributed by atoms with Crippen molar-refractivity contribution in [2.24, 2.45) is 0 Å². The Labute approximate surface area is 187 Å². The first-order valence-corrected chi connectivity index (χ1v) is 12.3. The summed E-state index contributed by atoms with van der Waals surface area (Å²) >= 11 is -0.700. The molecule has 2 aromatic rings. The zero-order valence-electron chi connectivity index (χ0n) is 16.4. The average molecular weight is 477 g/mol. The molecular formula is C24H26Cl2Zr. The Kier molecular flexibility index (Phi) is 7.77. The molecule has 0 N–H and O–H groups in total. The Hall–Kier alpha value is -0.617. The zero-order valence-corrected chi connectivity index (χ0v) is 20.4. The van der Waals surface area contributed by atoms with Gasteiger partial charge in [0.1, 0.15) is 0 Å². The number of hydrogen-bond donors (Lipinski definition) is 0. The summed E-state index contributed by atoms with van der Waals surface area (Å²) in [6.45, 7) is 9.39. The first-order chi connectivity index (χ1) is 12.2. The van der Waals surface area contributed by atoms with Crippen molar-refractivity contribution in [2.45, 2.75) is 47.8 Å². The molecule has 0 bridgehead atoms. The number of halogens is 2. The van der Waals surface area contributed by atoms with E-state index in [-0.39, 0.29) is 24.8 Å². The molecule has 2 aliphatic carbocycles. The van der Waals surface area contributed by atoms with Crippen LogP contribution in [-0.4, -0.2) is 0 Å². The molecule has 3 heteroatoms. The molecule has 27 heavy (non-hydrogen) atoms. The third-order valence-electron chi connectivity index (χ3n) is 6.11. The van der Waals surface area contributed by atoms with Gasteiger partial charge in [-0.1, -0.05) is 0 Å². The molecule has 4 rings (SSSR count). The molecule has 0 heterocycles. The number of hydrogen-bond acceptors (Lipinski definition) is 0. The van der Waals surface area contributed by atoms with Crippen LogP contribution in [0.4, 0.5) is 0 Å². The molecule has 2 unspecified atom stereocenters. The van der Waals surface area contributed by atoms with Gasteiger partial charge in [0.15, 0.2) is 0 Å². The summed E-state index contributed by atoms with van der Waals surface area (Å²) in [6, 6.07) is 18.4. The van der Waals surface area contributed by atoms with Crippen molar-refractivity contribution < 1.29 is 48.0 Å². The van der Waals surface area contributed by atoms with Gasteiger partial charge in [0, 0.05) is 0 Å². The van der Waals surface area contributed by atoms with E-state index < -0.39 is 23.2 Å². The van der Waals surface area contributed by atoms with Gasteiger partial charge >= 0.3 is 164 Å². The summed E-state index contributed by atoms with van der Waals surface area (Å²) in [6.07, 6.45) is 2.40. The molecule has 2 atom stereocenters. The first kappa shape index (κ1) is 22.7. The summed E-state index contributed by atoms with van der Waals surface area (Å²) in [5.74, 6) is 0. The maximum atomic E-state index is 2.40. The standard InChI is InChI=1S/2C12H13.2ClH.Zr/c2*1-3-10-8-11-6-4-5-7-12(11)9(10)2;;;/h2*4-8H,3H2,1-2H3;2*1H;/q;;;;+2/p-2. The summed E-state index contributed by atoms with van der Waals surface area (Å²) in [5, 5.41) is 0. The van der Waals surface area contributed by atoms with Crippen LogP contribution in [0.1, 0.15) is 70.0 Å². The fourth-order valence-corrected chi connectivity index (χ4v) is 10.8. The van der Waals surface area contributed by atoms with Crippen LogP contribution in [0.25, 0.3) is 11.1 Å². The fraction of sp³-hybridized carbons (Fsp3) is 0.333. The van der Waals surface area contributed by atoms with Crippen LogP contribution < -0.4 is 24.8 Å². The molecular weight excluding hydrogens is 450 g/mol. The zero-order chi connectivity index (χ0) is 17.6. The van der Waals surface area contributed by atoms with Gasteiger partial charge in [0.05, 0.1) is 0 Å². The summed E-state index contributed by atoms with van der Waals surface area (Å²) < 4.78 is 1.49. The predicted octanol–water partition coefficient (Wildman–Crippen LogP) is 0.954.